The third-order valence-corrected chi connectivity index (χ3v) is 5.73. The lowest BCUT2D eigenvalue weighted by Gasteiger charge is -2.33. The van der Waals surface area contributed by atoms with Gasteiger partial charge < -0.3 is 4.74 Å². The molecule has 0 spiro atoms. The van der Waals surface area contributed by atoms with Crippen LogP contribution in [0, 0.1) is 0 Å². The Balaban J connectivity index is 1.45. The molecule has 2 aromatic rings. The number of sulfonamides is 1. The molecule has 1 aromatic carbocycles. The number of nitrogens with zero attached hydrogens (tertiary/aromatic N) is 3. The molecule has 7 nitrogen and oxygen atoms in total. The van der Waals surface area contributed by atoms with Crippen LogP contribution < -0.4 is 4.74 Å². The molecule has 1 aromatic heterocycles. The van der Waals surface area contributed by atoms with Gasteiger partial charge in [-0.25, -0.2) is 8.42 Å². The van der Waals surface area contributed by atoms with Crippen molar-refractivity contribution in [3.63, 3.8) is 0 Å². The van der Waals surface area contributed by atoms with E-state index >= 15 is 0 Å². The van der Waals surface area contributed by atoms with Crippen LogP contribution >= 0.6 is 0 Å². The number of hydrogen-bond acceptors (Lipinski definition) is 5. The van der Waals surface area contributed by atoms with Crippen molar-refractivity contribution >= 4 is 10.0 Å². The van der Waals surface area contributed by atoms with Crippen molar-refractivity contribution in [2.24, 2.45) is 0 Å². The lowest BCUT2D eigenvalue weighted by atomic mass is 10.3. The molecule has 1 aliphatic heterocycles. The van der Waals surface area contributed by atoms with Crippen molar-refractivity contribution in [2.75, 3.05) is 39.3 Å². The standard InChI is InChI=1S/C15H20N4O3S/c20-23(21,15-12-16-17-13-15)19-8-6-18(7-9-19)10-11-22-14-4-2-1-3-5-14/h1-5,12-13H,6-11H2,(H,16,17). The van der Waals surface area contributed by atoms with Crippen LogP contribution in [-0.4, -0.2) is 67.2 Å². The van der Waals surface area contributed by atoms with Crippen LogP contribution in [0.25, 0.3) is 0 Å². The second-order valence-corrected chi connectivity index (χ2v) is 7.28. The van der Waals surface area contributed by atoms with Crippen LogP contribution in [0.2, 0.25) is 0 Å². The lowest BCUT2D eigenvalue weighted by Crippen LogP contribution is -2.49. The van der Waals surface area contributed by atoms with Crippen LogP contribution in [0.1, 0.15) is 0 Å². The van der Waals surface area contributed by atoms with E-state index in [9.17, 15) is 8.42 Å². The Morgan fingerprint density at radius 1 is 1.13 bits per heavy atom. The highest BCUT2D eigenvalue weighted by Gasteiger charge is 2.28. The normalized spacial score (nSPS) is 17.2. The molecule has 1 saturated heterocycles. The van der Waals surface area contributed by atoms with E-state index in [1.807, 2.05) is 30.3 Å². The van der Waals surface area contributed by atoms with E-state index in [0.717, 1.165) is 12.3 Å². The van der Waals surface area contributed by atoms with E-state index in [1.54, 1.807) is 0 Å². The van der Waals surface area contributed by atoms with Crippen LogP contribution in [0.3, 0.4) is 0 Å². The summed E-state index contributed by atoms with van der Waals surface area (Å²) in [7, 11) is -3.42. The Bertz CT molecular complexity index is 696. The number of rotatable bonds is 6. The Kier molecular flexibility index (Phi) is 4.94. The molecule has 1 N–H and O–H groups in total. The summed E-state index contributed by atoms with van der Waals surface area (Å²) in [6, 6.07) is 9.68. The van der Waals surface area contributed by atoms with E-state index in [4.69, 9.17) is 4.74 Å². The van der Waals surface area contributed by atoms with E-state index in [2.05, 4.69) is 15.1 Å². The van der Waals surface area contributed by atoms with Gasteiger partial charge in [0.2, 0.25) is 10.0 Å². The maximum absolute atomic E-state index is 12.4. The molecule has 0 unspecified atom stereocenters. The van der Waals surface area contributed by atoms with Gasteiger partial charge in [-0.2, -0.15) is 9.40 Å². The fraction of sp³-hybridized carbons (Fsp3) is 0.400. The largest absolute Gasteiger partial charge is 0.492 e. The van der Waals surface area contributed by atoms with Crippen molar-refractivity contribution in [3.05, 3.63) is 42.7 Å². The number of aromatic amines is 1. The number of nitrogens with one attached hydrogen (secondary N) is 1. The van der Waals surface area contributed by atoms with E-state index in [1.165, 1.54) is 16.7 Å². The molecule has 1 aliphatic rings. The Morgan fingerprint density at radius 2 is 1.87 bits per heavy atom. The fourth-order valence-corrected chi connectivity index (χ4v) is 3.86. The van der Waals surface area contributed by atoms with E-state index < -0.39 is 10.0 Å². The summed E-state index contributed by atoms with van der Waals surface area (Å²) in [6.07, 6.45) is 2.75. The number of H-pyrrole nitrogens is 1. The van der Waals surface area contributed by atoms with Gasteiger partial charge in [-0.05, 0) is 12.1 Å². The van der Waals surface area contributed by atoms with Gasteiger partial charge in [0.25, 0.3) is 0 Å². The van der Waals surface area contributed by atoms with Gasteiger partial charge in [-0.3, -0.25) is 10.00 Å². The van der Waals surface area contributed by atoms with Gasteiger partial charge in [0.05, 0.1) is 6.20 Å². The van der Waals surface area contributed by atoms with Crippen molar-refractivity contribution in [3.8, 4) is 5.75 Å². The van der Waals surface area contributed by atoms with E-state index in [0.29, 0.717) is 32.8 Å². The summed E-state index contributed by atoms with van der Waals surface area (Å²) in [4.78, 5) is 2.43. The number of aromatic nitrogens is 2. The third-order valence-electron chi connectivity index (χ3n) is 3.86. The average Bonchev–Trinajstić information content (AvgIpc) is 3.12. The predicted octanol–water partition coefficient (Wildman–Crippen LogP) is 0.795. The number of piperazine rings is 1. The molecule has 0 bridgehead atoms. The molecule has 0 saturated carbocycles. The minimum atomic E-state index is -3.42. The first-order valence-electron chi connectivity index (χ1n) is 7.55. The summed E-state index contributed by atoms with van der Waals surface area (Å²) in [5.74, 6) is 0.855. The molecular weight excluding hydrogens is 316 g/mol. The zero-order valence-electron chi connectivity index (χ0n) is 12.8. The van der Waals surface area contributed by atoms with Crippen LogP contribution in [0.15, 0.2) is 47.6 Å². The monoisotopic (exact) mass is 336 g/mol. The van der Waals surface area contributed by atoms with Gasteiger partial charge in [0.1, 0.15) is 17.3 Å². The zero-order valence-corrected chi connectivity index (χ0v) is 13.6. The molecule has 0 aliphatic carbocycles. The first kappa shape index (κ1) is 16.0. The lowest BCUT2D eigenvalue weighted by molar-refractivity contribution is 0.159. The molecule has 1 fully saturated rings. The Morgan fingerprint density at radius 3 is 2.52 bits per heavy atom. The quantitative estimate of drug-likeness (QED) is 0.844. The molecule has 23 heavy (non-hydrogen) atoms. The van der Waals surface area contributed by atoms with Gasteiger partial charge in [0.15, 0.2) is 0 Å². The maximum Gasteiger partial charge on any atom is 0.246 e. The number of hydrogen-bond donors (Lipinski definition) is 1. The molecule has 0 atom stereocenters. The minimum absolute atomic E-state index is 0.221. The SMILES string of the molecule is O=S(=O)(c1cn[nH]c1)N1CCN(CCOc2ccccc2)CC1. The number of para-hydroxylation sites is 1. The molecule has 3 rings (SSSR count). The van der Waals surface area contributed by atoms with Crippen molar-refractivity contribution in [1.29, 1.82) is 0 Å². The minimum Gasteiger partial charge on any atom is -0.492 e. The zero-order chi connectivity index (χ0) is 16.1. The summed E-state index contributed by atoms with van der Waals surface area (Å²) in [5.41, 5.74) is 0. The highest BCUT2D eigenvalue weighted by atomic mass is 32.2. The first-order chi connectivity index (χ1) is 11.2. The van der Waals surface area contributed by atoms with Crippen molar-refractivity contribution < 1.29 is 13.2 Å². The smallest absolute Gasteiger partial charge is 0.246 e. The van der Waals surface area contributed by atoms with Crippen LogP contribution in [0.4, 0.5) is 0 Å². The number of ether oxygens (including phenoxy) is 1. The molecule has 0 radical (unpaired) electrons. The average molecular weight is 336 g/mol. The first-order valence-corrected chi connectivity index (χ1v) is 8.99. The summed E-state index contributed by atoms with van der Waals surface area (Å²) < 4.78 is 31.9. The highest BCUT2D eigenvalue weighted by Crippen LogP contribution is 2.16. The molecule has 0 amide bonds. The van der Waals surface area contributed by atoms with Gasteiger partial charge in [0, 0.05) is 38.9 Å². The Labute approximate surface area is 135 Å². The van der Waals surface area contributed by atoms with Crippen molar-refractivity contribution in [2.45, 2.75) is 4.90 Å². The second-order valence-electron chi connectivity index (χ2n) is 5.34. The van der Waals surface area contributed by atoms with Gasteiger partial charge in [-0.15, -0.1) is 0 Å². The fourth-order valence-electron chi connectivity index (χ4n) is 2.53. The Hall–Kier alpha value is -1.90. The molecule has 124 valence electrons. The highest BCUT2D eigenvalue weighted by molar-refractivity contribution is 7.89. The molecule has 2 heterocycles. The maximum atomic E-state index is 12.4. The van der Waals surface area contributed by atoms with Crippen LogP contribution in [-0.2, 0) is 10.0 Å². The van der Waals surface area contributed by atoms with Crippen LogP contribution in [0.5, 0.6) is 5.75 Å². The van der Waals surface area contributed by atoms with Gasteiger partial charge >= 0.3 is 0 Å². The molecule has 8 heteroatoms. The summed E-state index contributed by atoms with van der Waals surface area (Å²) in [6.45, 7) is 3.76. The molecular formula is C15H20N4O3S. The van der Waals surface area contributed by atoms with Crippen molar-refractivity contribution in [1.82, 2.24) is 19.4 Å². The summed E-state index contributed by atoms with van der Waals surface area (Å²) in [5, 5.41) is 6.25. The number of benzene rings is 1. The summed E-state index contributed by atoms with van der Waals surface area (Å²) >= 11 is 0. The van der Waals surface area contributed by atoms with Gasteiger partial charge in [-0.1, -0.05) is 18.2 Å². The predicted molar refractivity (Wildman–Crippen MR) is 85.7 cm³/mol. The topological polar surface area (TPSA) is 78.5 Å². The third kappa shape index (κ3) is 3.90. The second kappa shape index (κ2) is 7.12. The van der Waals surface area contributed by atoms with E-state index in [-0.39, 0.29) is 4.90 Å².